The maximum absolute atomic E-state index is 11.6. The predicted octanol–water partition coefficient (Wildman–Crippen LogP) is 1.26. The van der Waals surface area contributed by atoms with E-state index in [4.69, 9.17) is 0 Å². The standard InChI is InChI=1S/C14H25N5O/c1-4-7-16-13-9-17-12(8-18-13)10-19(6-3)11-14(20)15-5-2/h8-9H,4-7,10-11H2,1-3H3,(H,15,20)(H,16,18). The van der Waals surface area contributed by atoms with Gasteiger partial charge in [0.05, 0.1) is 24.6 Å². The monoisotopic (exact) mass is 279 g/mol. The van der Waals surface area contributed by atoms with Crippen molar-refractivity contribution in [3.8, 4) is 0 Å². The highest BCUT2D eigenvalue weighted by atomic mass is 16.2. The molecule has 0 aliphatic carbocycles. The Kier molecular flexibility index (Phi) is 7.57. The van der Waals surface area contributed by atoms with E-state index in [1.165, 1.54) is 0 Å². The molecule has 6 nitrogen and oxygen atoms in total. The van der Waals surface area contributed by atoms with Gasteiger partial charge in [-0.25, -0.2) is 4.98 Å². The van der Waals surface area contributed by atoms with Gasteiger partial charge in [0.2, 0.25) is 5.91 Å². The van der Waals surface area contributed by atoms with E-state index >= 15 is 0 Å². The van der Waals surface area contributed by atoms with E-state index in [2.05, 4.69) is 27.5 Å². The van der Waals surface area contributed by atoms with Crippen LogP contribution in [0.15, 0.2) is 12.4 Å². The summed E-state index contributed by atoms with van der Waals surface area (Å²) in [5, 5.41) is 5.99. The Hall–Kier alpha value is -1.69. The van der Waals surface area contributed by atoms with E-state index in [0.29, 0.717) is 19.6 Å². The van der Waals surface area contributed by atoms with Gasteiger partial charge in [-0.1, -0.05) is 13.8 Å². The molecule has 0 unspecified atom stereocenters. The van der Waals surface area contributed by atoms with E-state index < -0.39 is 0 Å². The van der Waals surface area contributed by atoms with Gasteiger partial charge >= 0.3 is 0 Å². The number of hydrogen-bond acceptors (Lipinski definition) is 5. The van der Waals surface area contributed by atoms with E-state index in [0.717, 1.165) is 31.0 Å². The second kappa shape index (κ2) is 9.25. The zero-order chi connectivity index (χ0) is 14.8. The van der Waals surface area contributed by atoms with E-state index in [1.807, 2.05) is 18.7 Å². The average molecular weight is 279 g/mol. The molecule has 1 rings (SSSR count). The van der Waals surface area contributed by atoms with Crippen LogP contribution in [0.25, 0.3) is 0 Å². The Balaban J connectivity index is 2.50. The molecular formula is C14H25N5O. The summed E-state index contributed by atoms with van der Waals surface area (Å²) in [6.07, 6.45) is 4.56. The van der Waals surface area contributed by atoms with Crippen LogP contribution in [0.2, 0.25) is 0 Å². The second-order valence-corrected chi connectivity index (χ2v) is 4.58. The van der Waals surface area contributed by atoms with Crippen LogP contribution < -0.4 is 10.6 Å². The van der Waals surface area contributed by atoms with Crippen molar-refractivity contribution in [1.82, 2.24) is 20.2 Å². The van der Waals surface area contributed by atoms with Gasteiger partial charge in [-0.15, -0.1) is 0 Å². The molecule has 2 N–H and O–H groups in total. The average Bonchev–Trinajstić information content (AvgIpc) is 2.46. The fraction of sp³-hybridized carbons (Fsp3) is 0.643. The lowest BCUT2D eigenvalue weighted by Crippen LogP contribution is -2.36. The van der Waals surface area contributed by atoms with Crippen molar-refractivity contribution < 1.29 is 4.79 Å². The first kappa shape index (κ1) is 16.4. The van der Waals surface area contributed by atoms with Gasteiger partial charge in [0.1, 0.15) is 5.82 Å². The predicted molar refractivity (Wildman–Crippen MR) is 80.4 cm³/mol. The number of carbonyl (C=O) groups excluding carboxylic acids is 1. The number of anilines is 1. The first-order chi connectivity index (χ1) is 9.69. The van der Waals surface area contributed by atoms with E-state index in [-0.39, 0.29) is 5.91 Å². The summed E-state index contributed by atoms with van der Waals surface area (Å²) in [6, 6.07) is 0. The van der Waals surface area contributed by atoms with E-state index in [1.54, 1.807) is 12.4 Å². The Labute approximate surface area is 121 Å². The number of hydrogen-bond donors (Lipinski definition) is 2. The van der Waals surface area contributed by atoms with Gasteiger partial charge in [0.25, 0.3) is 0 Å². The Bertz CT molecular complexity index is 393. The quantitative estimate of drug-likeness (QED) is 0.712. The Morgan fingerprint density at radius 2 is 2.05 bits per heavy atom. The minimum absolute atomic E-state index is 0.0449. The first-order valence-corrected chi connectivity index (χ1v) is 7.23. The van der Waals surface area contributed by atoms with Crippen molar-refractivity contribution in [2.75, 3.05) is 31.5 Å². The lowest BCUT2D eigenvalue weighted by atomic mass is 10.3. The minimum Gasteiger partial charge on any atom is -0.369 e. The highest BCUT2D eigenvalue weighted by molar-refractivity contribution is 5.77. The third kappa shape index (κ3) is 5.97. The molecule has 0 saturated heterocycles. The SMILES string of the molecule is CCCNc1cnc(CN(CC)CC(=O)NCC)cn1. The van der Waals surface area contributed by atoms with Crippen LogP contribution in [-0.4, -0.2) is 47.0 Å². The second-order valence-electron chi connectivity index (χ2n) is 4.58. The van der Waals surface area contributed by atoms with Gasteiger partial charge in [-0.2, -0.15) is 0 Å². The topological polar surface area (TPSA) is 70.2 Å². The number of amides is 1. The van der Waals surface area contributed by atoms with Crippen molar-refractivity contribution in [1.29, 1.82) is 0 Å². The van der Waals surface area contributed by atoms with Crippen LogP contribution in [0.1, 0.15) is 32.9 Å². The lowest BCUT2D eigenvalue weighted by Gasteiger charge is -2.19. The van der Waals surface area contributed by atoms with Crippen LogP contribution in [0.5, 0.6) is 0 Å². The lowest BCUT2D eigenvalue weighted by molar-refractivity contribution is -0.122. The maximum atomic E-state index is 11.6. The molecule has 112 valence electrons. The normalized spacial score (nSPS) is 10.6. The Morgan fingerprint density at radius 3 is 2.60 bits per heavy atom. The summed E-state index contributed by atoms with van der Waals surface area (Å²) in [5.74, 6) is 0.839. The summed E-state index contributed by atoms with van der Waals surface area (Å²) in [6.45, 7) is 9.44. The molecule has 1 amide bonds. The van der Waals surface area contributed by atoms with Gasteiger partial charge < -0.3 is 10.6 Å². The Morgan fingerprint density at radius 1 is 1.25 bits per heavy atom. The minimum atomic E-state index is 0.0449. The van der Waals surface area contributed by atoms with E-state index in [9.17, 15) is 4.79 Å². The molecule has 0 aliphatic heterocycles. The van der Waals surface area contributed by atoms with Crippen LogP contribution in [-0.2, 0) is 11.3 Å². The molecule has 0 aromatic carbocycles. The highest BCUT2D eigenvalue weighted by Gasteiger charge is 2.09. The molecule has 1 aromatic heterocycles. The fourth-order valence-electron chi connectivity index (χ4n) is 1.75. The number of nitrogens with one attached hydrogen (secondary N) is 2. The molecule has 1 aromatic rings. The zero-order valence-corrected chi connectivity index (χ0v) is 12.6. The molecule has 0 bridgehead atoms. The number of rotatable bonds is 9. The summed E-state index contributed by atoms with van der Waals surface area (Å²) >= 11 is 0. The molecule has 0 saturated carbocycles. The van der Waals surface area contributed by atoms with Crippen molar-refractivity contribution in [3.05, 3.63) is 18.1 Å². The summed E-state index contributed by atoms with van der Waals surface area (Å²) in [5.41, 5.74) is 0.873. The summed E-state index contributed by atoms with van der Waals surface area (Å²) in [4.78, 5) is 22.3. The molecular weight excluding hydrogens is 254 g/mol. The fourth-order valence-corrected chi connectivity index (χ4v) is 1.75. The molecule has 0 radical (unpaired) electrons. The summed E-state index contributed by atoms with van der Waals surface area (Å²) < 4.78 is 0. The third-order valence-corrected chi connectivity index (χ3v) is 2.84. The number of likely N-dealkylation sites (N-methyl/N-ethyl adjacent to an activating group) is 2. The van der Waals surface area contributed by atoms with Gasteiger partial charge in [0.15, 0.2) is 0 Å². The van der Waals surface area contributed by atoms with Crippen molar-refractivity contribution in [2.24, 2.45) is 0 Å². The number of carbonyl (C=O) groups is 1. The van der Waals surface area contributed by atoms with Gasteiger partial charge in [-0.3, -0.25) is 14.7 Å². The molecule has 0 atom stereocenters. The number of nitrogens with zero attached hydrogens (tertiary/aromatic N) is 3. The summed E-state index contributed by atoms with van der Waals surface area (Å²) in [7, 11) is 0. The zero-order valence-electron chi connectivity index (χ0n) is 12.6. The van der Waals surface area contributed by atoms with Crippen LogP contribution in [0.4, 0.5) is 5.82 Å². The maximum Gasteiger partial charge on any atom is 0.234 e. The van der Waals surface area contributed by atoms with Gasteiger partial charge in [-0.05, 0) is 19.9 Å². The molecule has 6 heteroatoms. The number of aromatic nitrogens is 2. The molecule has 0 fully saturated rings. The molecule has 0 spiro atoms. The van der Waals surface area contributed by atoms with Crippen molar-refractivity contribution in [2.45, 2.75) is 33.7 Å². The van der Waals surface area contributed by atoms with Crippen LogP contribution >= 0.6 is 0 Å². The molecule has 20 heavy (non-hydrogen) atoms. The largest absolute Gasteiger partial charge is 0.369 e. The molecule has 1 heterocycles. The van der Waals surface area contributed by atoms with Gasteiger partial charge in [0, 0.05) is 19.6 Å². The van der Waals surface area contributed by atoms with Crippen molar-refractivity contribution in [3.63, 3.8) is 0 Å². The van der Waals surface area contributed by atoms with Crippen LogP contribution in [0.3, 0.4) is 0 Å². The highest BCUT2D eigenvalue weighted by Crippen LogP contribution is 2.04. The molecule has 0 aliphatic rings. The van der Waals surface area contributed by atoms with Crippen LogP contribution in [0, 0.1) is 0 Å². The first-order valence-electron chi connectivity index (χ1n) is 7.23. The smallest absolute Gasteiger partial charge is 0.234 e. The van der Waals surface area contributed by atoms with Crippen molar-refractivity contribution >= 4 is 11.7 Å². The third-order valence-electron chi connectivity index (χ3n) is 2.84.